The van der Waals surface area contributed by atoms with Crippen LogP contribution in [-0.2, 0) is 5.75 Å². The molecule has 2 aromatic carbocycles. The Balaban J connectivity index is 1.24. The Morgan fingerprint density at radius 1 is 1.00 bits per heavy atom. The van der Waals surface area contributed by atoms with Gasteiger partial charge in [0.1, 0.15) is 5.52 Å². The van der Waals surface area contributed by atoms with Crippen LogP contribution in [0.5, 0.6) is 0 Å². The van der Waals surface area contributed by atoms with Crippen LogP contribution in [0.15, 0.2) is 58.2 Å². The van der Waals surface area contributed by atoms with Gasteiger partial charge in [0.25, 0.3) is 11.1 Å². The fourth-order valence-corrected chi connectivity index (χ4v) is 5.48. The minimum absolute atomic E-state index is 0.148. The monoisotopic (exact) mass is 421 g/mol. The lowest BCUT2D eigenvalue weighted by Gasteiger charge is -2.38. The Morgan fingerprint density at radius 2 is 1.73 bits per heavy atom. The fraction of sp³-hybridized carbons (Fsp3) is 0.417. The summed E-state index contributed by atoms with van der Waals surface area (Å²) in [7, 11) is 0. The summed E-state index contributed by atoms with van der Waals surface area (Å²) in [6.07, 6.45) is 5.36. The van der Waals surface area contributed by atoms with E-state index in [4.69, 9.17) is 4.42 Å². The highest BCUT2D eigenvalue weighted by Crippen LogP contribution is 2.28. The lowest BCUT2D eigenvalue weighted by molar-refractivity contribution is 0.0572. The van der Waals surface area contributed by atoms with Crippen molar-refractivity contribution < 1.29 is 9.21 Å². The Labute approximate surface area is 181 Å². The number of hydrogen-bond donors (Lipinski definition) is 0. The molecule has 30 heavy (non-hydrogen) atoms. The smallest absolute Gasteiger partial charge is 0.257 e. The Bertz CT molecular complexity index is 987. The zero-order valence-electron chi connectivity index (χ0n) is 17.1. The first-order chi connectivity index (χ1) is 14.8. The molecule has 0 atom stereocenters. The minimum Gasteiger partial charge on any atom is -0.431 e. The van der Waals surface area contributed by atoms with Gasteiger partial charge in [0.15, 0.2) is 5.58 Å². The van der Waals surface area contributed by atoms with E-state index in [-0.39, 0.29) is 5.91 Å². The molecule has 1 aromatic heterocycles. The summed E-state index contributed by atoms with van der Waals surface area (Å²) < 4.78 is 5.82. The molecule has 156 valence electrons. The summed E-state index contributed by atoms with van der Waals surface area (Å²) in [6.45, 7) is 3.64. The van der Waals surface area contributed by atoms with E-state index < -0.39 is 0 Å². The summed E-state index contributed by atoms with van der Waals surface area (Å²) in [5.41, 5.74) is 3.50. The van der Waals surface area contributed by atoms with Crippen molar-refractivity contribution in [3.05, 3.63) is 59.7 Å². The first-order valence-corrected chi connectivity index (χ1v) is 11.9. The molecule has 2 fully saturated rings. The number of carbonyl (C=O) groups excluding carboxylic acids is 1. The molecule has 0 unspecified atom stereocenters. The number of carbonyl (C=O) groups is 1. The van der Waals surface area contributed by atoms with E-state index >= 15 is 0 Å². The number of amides is 1. The molecule has 0 N–H and O–H groups in total. The zero-order valence-corrected chi connectivity index (χ0v) is 17.9. The number of oxazole rings is 1. The van der Waals surface area contributed by atoms with Crippen molar-refractivity contribution in [1.29, 1.82) is 0 Å². The minimum atomic E-state index is 0.148. The van der Waals surface area contributed by atoms with Gasteiger partial charge < -0.3 is 9.32 Å². The summed E-state index contributed by atoms with van der Waals surface area (Å²) in [5, 5.41) is 0.642. The lowest BCUT2D eigenvalue weighted by Crippen LogP contribution is -2.51. The van der Waals surface area contributed by atoms with Gasteiger partial charge >= 0.3 is 0 Å². The van der Waals surface area contributed by atoms with Gasteiger partial charge in [-0.25, -0.2) is 4.98 Å². The van der Waals surface area contributed by atoms with Crippen molar-refractivity contribution in [2.75, 3.05) is 26.2 Å². The number of hydrogen-bond acceptors (Lipinski definition) is 5. The topological polar surface area (TPSA) is 49.6 Å². The van der Waals surface area contributed by atoms with Gasteiger partial charge in [-0.1, -0.05) is 54.9 Å². The summed E-state index contributed by atoms with van der Waals surface area (Å²) in [4.78, 5) is 22.4. The third-order valence-electron chi connectivity index (χ3n) is 6.32. The van der Waals surface area contributed by atoms with Crippen LogP contribution in [0, 0.1) is 0 Å². The Morgan fingerprint density at radius 3 is 2.53 bits per heavy atom. The second-order valence-electron chi connectivity index (χ2n) is 8.16. The first-order valence-electron chi connectivity index (χ1n) is 10.9. The Hall–Kier alpha value is -2.31. The second kappa shape index (κ2) is 8.82. The van der Waals surface area contributed by atoms with E-state index in [9.17, 15) is 4.79 Å². The Kier molecular flexibility index (Phi) is 5.77. The summed E-state index contributed by atoms with van der Waals surface area (Å²) >= 11 is 1.54. The molecular formula is C24H27N3O2S. The number of benzene rings is 2. The normalized spacial score (nSPS) is 18.3. The third kappa shape index (κ3) is 4.12. The molecule has 2 heterocycles. The maximum Gasteiger partial charge on any atom is 0.257 e. The number of nitrogens with zero attached hydrogens (tertiary/aromatic N) is 3. The highest BCUT2D eigenvalue weighted by atomic mass is 32.2. The SMILES string of the molecule is O=C(c1ccccc1CSc1nc2ccccc2o1)N1CCN(C2CCCC2)CC1. The van der Waals surface area contributed by atoms with E-state index in [0.29, 0.717) is 11.0 Å². The fourth-order valence-electron chi connectivity index (χ4n) is 4.64. The highest BCUT2D eigenvalue weighted by molar-refractivity contribution is 7.98. The molecule has 1 aliphatic heterocycles. The molecule has 5 rings (SSSR count). The van der Waals surface area contributed by atoms with Gasteiger partial charge in [-0.15, -0.1) is 0 Å². The van der Waals surface area contributed by atoms with E-state index in [0.717, 1.165) is 54.4 Å². The number of piperazine rings is 1. The largest absolute Gasteiger partial charge is 0.431 e. The number of para-hydroxylation sites is 2. The molecule has 2 aliphatic rings. The van der Waals surface area contributed by atoms with Gasteiger partial charge in [0.2, 0.25) is 0 Å². The van der Waals surface area contributed by atoms with Crippen LogP contribution in [0.4, 0.5) is 0 Å². The maximum absolute atomic E-state index is 13.3. The summed E-state index contributed by atoms with van der Waals surface area (Å²) in [5.74, 6) is 0.811. The molecular weight excluding hydrogens is 394 g/mol. The van der Waals surface area contributed by atoms with Gasteiger partial charge in [-0.2, -0.15) is 0 Å². The van der Waals surface area contributed by atoms with Gasteiger partial charge in [-0.3, -0.25) is 9.69 Å². The predicted octanol–water partition coefficient (Wildman–Crippen LogP) is 4.82. The standard InChI is InChI=1S/C24H27N3O2S/c28-23(27-15-13-26(14-16-27)19-8-2-3-9-19)20-10-4-1-7-18(20)17-30-24-25-21-11-5-6-12-22(21)29-24/h1,4-7,10-12,19H,2-3,8-9,13-17H2. The predicted molar refractivity (Wildman–Crippen MR) is 120 cm³/mol. The van der Waals surface area contributed by atoms with Crippen molar-refractivity contribution in [1.82, 2.24) is 14.8 Å². The van der Waals surface area contributed by atoms with E-state index in [1.165, 1.54) is 37.4 Å². The molecule has 1 aliphatic carbocycles. The van der Waals surface area contributed by atoms with Crippen molar-refractivity contribution in [2.24, 2.45) is 0 Å². The van der Waals surface area contributed by atoms with Crippen molar-refractivity contribution in [3.63, 3.8) is 0 Å². The highest BCUT2D eigenvalue weighted by Gasteiger charge is 2.28. The molecule has 5 nitrogen and oxygen atoms in total. The average Bonchev–Trinajstić information content (AvgIpc) is 3.47. The lowest BCUT2D eigenvalue weighted by atomic mass is 10.1. The summed E-state index contributed by atoms with van der Waals surface area (Å²) in [6, 6.07) is 16.5. The van der Waals surface area contributed by atoms with Crippen LogP contribution in [0.2, 0.25) is 0 Å². The van der Waals surface area contributed by atoms with Crippen LogP contribution in [0.25, 0.3) is 11.1 Å². The number of aromatic nitrogens is 1. The van der Waals surface area contributed by atoms with Gasteiger partial charge in [0, 0.05) is 43.5 Å². The molecule has 6 heteroatoms. The molecule has 0 bridgehead atoms. The van der Waals surface area contributed by atoms with Crippen LogP contribution in [-0.4, -0.2) is 52.9 Å². The number of thioether (sulfide) groups is 1. The van der Waals surface area contributed by atoms with Crippen molar-refractivity contribution in [3.8, 4) is 0 Å². The number of fused-ring (bicyclic) bond motifs is 1. The van der Waals surface area contributed by atoms with Crippen molar-refractivity contribution >= 4 is 28.8 Å². The molecule has 0 radical (unpaired) electrons. The molecule has 1 amide bonds. The van der Waals surface area contributed by atoms with Crippen LogP contribution in [0.1, 0.15) is 41.6 Å². The maximum atomic E-state index is 13.3. The van der Waals surface area contributed by atoms with Crippen LogP contribution < -0.4 is 0 Å². The third-order valence-corrected chi connectivity index (χ3v) is 7.19. The van der Waals surface area contributed by atoms with Gasteiger partial charge in [0.05, 0.1) is 0 Å². The van der Waals surface area contributed by atoms with E-state index in [1.54, 1.807) is 0 Å². The first kappa shape index (κ1) is 19.6. The molecule has 3 aromatic rings. The van der Waals surface area contributed by atoms with Crippen LogP contribution in [0.3, 0.4) is 0 Å². The van der Waals surface area contributed by atoms with E-state index in [2.05, 4.69) is 9.88 Å². The zero-order chi connectivity index (χ0) is 20.3. The molecule has 0 spiro atoms. The van der Waals surface area contributed by atoms with Gasteiger partial charge in [-0.05, 0) is 36.6 Å². The quantitative estimate of drug-likeness (QED) is 0.553. The van der Waals surface area contributed by atoms with Crippen LogP contribution >= 0.6 is 11.8 Å². The second-order valence-corrected chi connectivity index (χ2v) is 9.09. The van der Waals surface area contributed by atoms with E-state index in [1.807, 2.05) is 53.4 Å². The average molecular weight is 422 g/mol. The number of rotatable bonds is 5. The van der Waals surface area contributed by atoms with Crippen molar-refractivity contribution in [2.45, 2.75) is 42.7 Å². The molecule has 1 saturated heterocycles. The molecule has 1 saturated carbocycles.